The van der Waals surface area contributed by atoms with Crippen molar-refractivity contribution in [3.63, 3.8) is 0 Å². The molecule has 2 N–H and O–H groups in total. The number of piperidine rings is 1. The van der Waals surface area contributed by atoms with E-state index in [1.54, 1.807) is 0 Å². The molecule has 0 aliphatic carbocycles. The van der Waals surface area contributed by atoms with Gasteiger partial charge in [-0.05, 0) is 38.8 Å². The van der Waals surface area contributed by atoms with Crippen molar-refractivity contribution in [3.8, 4) is 11.3 Å². The lowest BCUT2D eigenvalue weighted by molar-refractivity contribution is 0.399. The van der Waals surface area contributed by atoms with Gasteiger partial charge in [0.1, 0.15) is 5.82 Å². The molecular formula is C16H21N3. The lowest BCUT2D eigenvalue weighted by Crippen LogP contribution is -2.27. The fourth-order valence-corrected chi connectivity index (χ4v) is 2.83. The fraction of sp³-hybridized carbons (Fsp3) is 0.438. The van der Waals surface area contributed by atoms with E-state index in [0.29, 0.717) is 6.04 Å². The van der Waals surface area contributed by atoms with Crippen LogP contribution in [0.2, 0.25) is 0 Å². The van der Waals surface area contributed by atoms with Crippen molar-refractivity contribution < 1.29 is 0 Å². The third kappa shape index (κ3) is 2.43. The predicted molar refractivity (Wildman–Crippen MR) is 78.1 cm³/mol. The first-order chi connectivity index (χ1) is 9.25. The first kappa shape index (κ1) is 12.4. The Morgan fingerprint density at radius 2 is 2.00 bits per heavy atom. The molecule has 0 spiro atoms. The van der Waals surface area contributed by atoms with E-state index in [0.717, 1.165) is 23.8 Å². The quantitative estimate of drug-likeness (QED) is 0.862. The number of hydrogen-bond donors (Lipinski definition) is 2. The number of aromatic nitrogens is 2. The summed E-state index contributed by atoms with van der Waals surface area (Å²) in [4.78, 5) is 8.31. The number of rotatable bonds is 2. The summed E-state index contributed by atoms with van der Waals surface area (Å²) < 4.78 is 0. The van der Waals surface area contributed by atoms with Crippen LogP contribution in [-0.4, -0.2) is 16.5 Å². The van der Waals surface area contributed by atoms with Gasteiger partial charge in [0, 0.05) is 11.3 Å². The zero-order valence-electron chi connectivity index (χ0n) is 11.7. The smallest absolute Gasteiger partial charge is 0.124 e. The number of imidazole rings is 1. The van der Waals surface area contributed by atoms with Crippen molar-refractivity contribution >= 4 is 0 Å². The molecule has 0 saturated carbocycles. The highest BCUT2D eigenvalue weighted by molar-refractivity contribution is 5.65. The first-order valence-corrected chi connectivity index (χ1v) is 7.11. The monoisotopic (exact) mass is 255 g/mol. The number of hydrogen-bond acceptors (Lipinski definition) is 2. The molecule has 19 heavy (non-hydrogen) atoms. The van der Waals surface area contributed by atoms with Gasteiger partial charge in [-0.3, -0.25) is 0 Å². The summed E-state index contributed by atoms with van der Waals surface area (Å²) in [5, 5.41) is 3.55. The molecular weight excluding hydrogens is 234 g/mol. The molecule has 1 atom stereocenters. The van der Waals surface area contributed by atoms with Crippen LogP contribution in [0, 0.1) is 13.8 Å². The summed E-state index contributed by atoms with van der Waals surface area (Å²) in [6.07, 6.45) is 3.75. The maximum atomic E-state index is 4.85. The van der Waals surface area contributed by atoms with Gasteiger partial charge in [0.2, 0.25) is 0 Å². The zero-order valence-corrected chi connectivity index (χ0v) is 11.7. The van der Waals surface area contributed by atoms with Gasteiger partial charge in [0.15, 0.2) is 0 Å². The summed E-state index contributed by atoms with van der Waals surface area (Å²) >= 11 is 0. The molecule has 0 amide bonds. The molecule has 1 aliphatic heterocycles. The Morgan fingerprint density at radius 3 is 2.74 bits per heavy atom. The van der Waals surface area contributed by atoms with Gasteiger partial charge in [-0.1, -0.05) is 30.7 Å². The molecule has 1 aromatic carbocycles. The van der Waals surface area contributed by atoms with Gasteiger partial charge in [0.25, 0.3) is 0 Å². The van der Waals surface area contributed by atoms with E-state index in [-0.39, 0.29) is 0 Å². The molecule has 3 nitrogen and oxygen atoms in total. The Morgan fingerprint density at radius 1 is 1.16 bits per heavy atom. The second kappa shape index (κ2) is 5.17. The van der Waals surface area contributed by atoms with Crippen LogP contribution in [0.15, 0.2) is 24.3 Å². The minimum atomic E-state index is 0.394. The number of benzene rings is 1. The molecule has 2 heterocycles. The molecule has 0 radical (unpaired) electrons. The van der Waals surface area contributed by atoms with Gasteiger partial charge in [-0.15, -0.1) is 0 Å². The molecule has 0 bridgehead atoms. The van der Waals surface area contributed by atoms with Crippen molar-refractivity contribution in [3.05, 3.63) is 41.3 Å². The molecule has 1 fully saturated rings. The third-order valence-electron chi connectivity index (χ3n) is 3.94. The number of aryl methyl sites for hydroxylation is 2. The van der Waals surface area contributed by atoms with Crippen molar-refractivity contribution in [1.29, 1.82) is 0 Å². The Balaban J connectivity index is 1.95. The second-order valence-corrected chi connectivity index (χ2v) is 5.41. The van der Waals surface area contributed by atoms with Crippen molar-refractivity contribution in [2.45, 2.75) is 39.2 Å². The predicted octanol–water partition coefficient (Wildman–Crippen LogP) is 3.51. The normalized spacial score (nSPS) is 19.6. The number of nitrogens with zero attached hydrogens (tertiary/aromatic N) is 1. The Labute approximate surface area is 114 Å². The minimum Gasteiger partial charge on any atom is -0.344 e. The van der Waals surface area contributed by atoms with Gasteiger partial charge in [-0.25, -0.2) is 4.98 Å². The zero-order chi connectivity index (χ0) is 13.2. The lowest BCUT2D eigenvalue weighted by atomic mass is 10.0. The molecule has 100 valence electrons. The van der Waals surface area contributed by atoms with E-state index in [1.165, 1.54) is 30.4 Å². The summed E-state index contributed by atoms with van der Waals surface area (Å²) in [5.74, 6) is 1.09. The Bertz CT molecular complexity index is 565. The number of nitrogens with one attached hydrogen (secondary N) is 2. The van der Waals surface area contributed by atoms with E-state index in [4.69, 9.17) is 4.98 Å². The number of H-pyrrole nitrogens is 1. The summed E-state index contributed by atoms with van der Waals surface area (Å²) in [6.45, 7) is 5.35. The summed E-state index contributed by atoms with van der Waals surface area (Å²) in [6, 6.07) is 8.84. The van der Waals surface area contributed by atoms with Crippen LogP contribution in [0.25, 0.3) is 11.3 Å². The van der Waals surface area contributed by atoms with E-state index in [1.807, 2.05) is 0 Å². The van der Waals surface area contributed by atoms with Crippen LogP contribution in [0.3, 0.4) is 0 Å². The molecule has 3 rings (SSSR count). The summed E-state index contributed by atoms with van der Waals surface area (Å²) in [5.41, 5.74) is 4.77. The lowest BCUT2D eigenvalue weighted by Gasteiger charge is -2.21. The van der Waals surface area contributed by atoms with Crippen molar-refractivity contribution in [1.82, 2.24) is 15.3 Å². The van der Waals surface area contributed by atoms with Gasteiger partial charge in [0.05, 0.1) is 11.7 Å². The number of aromatic amines is 1. The molecule has 1 saturated heterocycles. The largest absolute Gasteiger partial charge is 0.344 e. The fourth-order valence-electron chi connectivity index (χ4n) is 2.83. The maximum absolute atomic E-state index is 4.85. The van der Waals surface area contributed by atoms with Crippen molar-refractivity contribution in [2.75, 3.05) is 6.54 Å². The van der Waals surface area contributed by atoms with E-state index >= 15 is 0 Å². The van der Waals surface area contributed by atoms with Crippen LogP contribution in [0.1, 0.15) is 42.4 Å². The van der Waals surface area contributed by atoms with E-state index in [9.17, 15) is 0 Å². The Kier molecular flexibility index (Phi) is 3.38. The van der Waals surface area contributed by atoms with Crippen LogP contribution in [-0.2, 0) is 0 Å². The van der Waals surface area contributed by atoms with Gasteiger partial charge >= 0.3 is 0 Å². The maximum Gasteiger partial charge on any atom is 0.124 e. The van der Waals surface area contributed by atoms with Crippen molar-refractivity contribution in [2.24, 2.45) is 0 Å². The molecule has 2 aromatic rings. The van der Waals surface area contributed by atoms with Crippen LogP contribution in [0.4, 0.5) is 0 Å². The van der Waals surface area contributed by atoms with E-state index < -0.39 is 0 Å². The van der Waals surface area contributed by atoms with Gasteiger partial charge < -0.3 is 10.3 Å². The average molecular weight is 255 g/mol. The molecule has 3 heteroatoms. The first-order valence-electron chi connectivity index (χ1n) is 7.11. The molecule has 1 aliphatic rings. The highest BCUT2D eigenvalue weighted by atomic mass is 15.0. The van der Waals surface area contributed by atoms with Crippen LogP contribution in [0.5, 0.6) is 0 Å². The van der Waals surface area contributed by atoms with Gasteiger partial charge in [-0.2, -0.15) is 0 Å². The topological polar surface area (TPSA) is 40.7 Å². The molecule has 1 unspecified atom stereocenters. The van der Waals surface area contributed by atoms with Crippen LogP contribution < -0.4 is 5.32 Å². The Hall–Kier alpha value is -1.61. The average Bonchev–Trinajstić information content (AvgIpc) is 2.82. The second-order valence-electron chi connectivity index (χ2n) is 5.41. The summed E-state index contributed by atoms with van der Waals surface area (Å²) in [7, 11) is 0. The SMILES string of the molecule is Cc1ccccc1-c1nc(C2CCCCN2)[nH]c1C. The highest BCUT2D eigenvalue weighted by Gasteiger charge is 2.20. The highest BCUT2D eigenvalue weighted by Crippen LogP contribution is 2.28. The standard InChI is InChI=1S/C16H21N3/c1-11-7-3-4-8-13(11)15-12(2)18-16(19-15)14-9-5-6-10-17-14/h3-4,7-8,14,17H,5-6,9-10H2,1-2H3,(H,18,19). The van der Waals surface area contributed by atoms with Crippen LogP contribution >= 0.6 is 0 Å². The minimum absolute atomic E-state index is 0.394. The van der Waals surface area contributed by atoms with E-state index in [2.05, 4.69) is 48.4 Å². The third-order valence-corrected chi connectivity index (χ3v) is 3.94. The molecule has 1 aromatic heterocycles.